The summed E-state index contributed by atoms with van der Waals surface area (Å²) < 4.78 is 11.1. The molecule has 2 N–H and O–H groups in total. The first kappa shape index (κ1) is 21.2. The third-order valence-electron chi connectivity index (χ3n) is 4.23. The van der Waals surface area contributed by atoms with Crippen LogP contribution in [0.2, 0.25) is 0 Å². The predicted molar refractivity (Wildman–Crippen MR) is 104 cm³/mol. The van der Waals surface area contributed by atoms with E-state index >= 15 is 0 Å². The summed E-state index contributed by atoms with van der Waals surface area (Å²) in [6, 6.07) is 10.9. The van der Waals surface area contributed by atoms with Gasteiger partial charge in [0.05, 0.1) is 12.0 Å². The fraction of sp³-hybridized carbons (Fsp3) is 0.350. The van der Waals surface area contributed by atoms with Gasteiger partial charge in [-0.25, -0.2) is 0 Å². The summed E-state index contributed by atoms with van der Waals surface area (Å²) >= 11 is 0. The minimum atomic E-state index is -0.884. The molecule has 0 aliphatic heterocycles. The Kier molecular flexibility index (Phi) is 7.34. The summed E-state index contributed by atoms with van der Waals surface area (Å²) in [4.78, 5) is 21.5. The molecule has 28 heavy (non-hydrogen) atoms. The Morgan fingerprint density at radius 1 is 1.14 bits per heavy atom. The van der Waals surface area contributed by atoms with Gasteiger partial charge in [-0.1, -0.05) is 19.9 Å². The molecule has 0 heterocycles. The highest BCUT2D eigenvalue weighted by Crippen LogP contribution is 2.29. The zero-order valence-corrected chi connectivity index (χ0v) is 16.0. The molecule has 0 aliphatic rings. The number of benzene rings is 2. The van der Waals surface area contributed by atoms with E-state index in [2.05, 4.69) is 5.32 Å². The number of carbonyl (C=O) groups is 1. The van der Waals surface area contributed by atoms with Crippen molar-refractivity contribution in [2.45, 2.75) is 33.0 Å². The molecule has 2 rings (SSSR count). The number of methoxy groups -OCH3 is 1. The summed E-state index contributed by atoms with van der Waals surface area (Å²) in [5.74, 6) is 0.134. The van der Waals surface area contributed by atoms with Crippen LogP contribution < -0.4 is 14.8 Å². The Bertz CT molecular complexity index is 820. The lowest BCUT2D eigenvalue weighted by atomic mass is 10.0. The molecule has 0 aromatic heterocycles. The lowest BCUT2D eigenvalue weighted by Crippen LogP contribution is -2.40. The number of hydrogen-bond acceptors (Lipinski definition) is 6. The van der Waals surface area contributed by atoms with Crippen molar-refractivity contribution in [1.29, 1.82) is 0 Å². The van der Waals surface area contributed by atoms with E-state index in [0.29, 0.717) is 18.0 Å². The molecule has 2 aromatic carbocycles. The van der Waals surface area contributed by atoms with Gasteiger partial charge in [0, 0.05) is 18.7 Å². The molecule has 0 aliphatic carbocycles. The Hall–Kier alpha value is -3.13. The molecular weight excluding hydrogens is 364 g/mol. The fourth-order valence-electron chi connectivity index (χ4n) is 2.65. The summed E-state index contributed by atoms with van der Waals surface area (Å²) in [6.07, 6.45) is 0. The summed E-state index contributed by atoms with van der Waals surface area (Å²) in [7, 11) is 1.53. The molecule has 0 spiro atoms. The molecular formula is C20H24N2O6. The second-order valence-electron chi connectivity index (χ2n) is 6.64. The first-order valence-corrected chi connectivity index (χ1v) is 8.81. The van der Waals surface area contributed by atoms with Crippen LogP contribution in [-0.2, 0) is 17.9 Å². The second-order valence-corrected chi connectivity index (χ2v) is 6.64. The molecule has 0 fully saturated rings. The topological polar surface area (TPSA) is 111 Å². The number of carboxylic acids is 1. The van der Waals surface area contributed by atoms with Crippen molar-refractivity contribution in [2.24, 2.45) is 5.92 Å². The van der Waals surface area contributed by atoms with Crippen LogP contribution in [0.25, 0.3) is 0 Å². The van der Waals surface area contributed by atoms with Gasteiger partial charge >= 0.3 is 5.97 Å². The van der Waals surface area contributed by atoms with Crippen molar-refractivity contribution in [2.75, 3.05) is 7.11 Å². The highest BCUT2D eigenvalue weighted by molar-refractivity contribution is 5.73. The molecule has 0 amide bonds. The van der Waals surface area contributed by atoms with E-state index in [-0.39, 0.29) is 18.2 Å². The van der Waals surface area contributed by atoms with Crippen LogP contribution in [0.3, 0.4) is 0 Å². The van der Waals surface area contributed by atoms with Gasteiger partial charge < -0.3 is 19.9 Å². The Morgan fingerprint density at radius 3 is 2.32 bits per heavy atom. The zero-order valence-electron chi connectivity index (χ0n) is 16.0. The minimum absolute atomic E-state index is 0.0271. The van der Waals surface area contributed by atoms with E-state index in [9.17, 15) is 20.0 Å². The number of aliphatic carboxylic acids is 1. The van der Waals surface area contributed by atoms with E-state index < -0.39 is 16.9 Å². The molecule has 0 saturated carbocycles. The maximum Gasteiger partial charge on any atom is 0.320 e. The number of hydrogen-bond donors (Lipinski definition) is 2. The molecule has 1 atom stereocenters. The standard InChI is InChI=1S/C20H24N2O6/c1-13(2)19(20(23)24)21-11-15-6-9-17(18(10-15)27-3)28-12-14-4-7-16(8-5-14)22(25)26/h4-10,13,19,21H,11-12H2,1-3H3,(H,23,24)/t19-/m0/s1. The number of nitrogens with zero attached hydrogens (tertiary/aromatic N) is 1. The summed E-state index contributed by atoms with van der Waals surface area (Å²) in [5.41, 5.74) is 1.69. The van der Waals surface area contributed by atoms with Gasteiger partial charge in [-0.3, -0.25) is 14.9 Å². The normalized spacial score (nSPS) is 11.9. The van der Waals surface area contributed by atoms with Crippen molar-refractivity contribution in [3.05, 3.63) is 63.7 Å². The molecule has 0 bridgehead atoms. The highest BCUT2D eigenvalue weighted by Gasteiger charge is 2.20. The molecule has 0 saturated heterocycles. The quantitative estimate of drug-likeness (QED) is 0.474. The monoisotopic (exact) mass is 388 g/mol. The Balaban J connectivity index is 2.02. The number of ether oxygens (including phenoxy) is 2. The number of rotatable bonds is 10. The average Bonchev–Trinajstić information content (AvgIpc) is 2.66. The molecule has 8 nitrogen and oxygen atoms in total. The third kappa shape index (κ3) is 5.68. The SMILES string of the molecule is COc1cc(CN[C@H](C(=O)O)C(C)C)ccc1OCc1ccc([N+](=O)[O-])cc1. The molecule has 8 heteroatoms. The summed E-state index contributed by atoms with van der Waals surface area (Å²) in [6.45, 7) is 4.32. The van der Waals surface area contributed by atoms with Gasteiger partial charge in [-0.2, -0.15) is 0 Å². The largest absolute Gasteiger partial charge is 0.493 e. The van der Waals surface area contributed by atoms with Crippen molar-refractivity contribution >= 4 is 11.7 Å². The van der Waals surface area contributed by atoms with Crippen molar-refractivity contribution in [3.8, 4) is 11.5 Å². The van der Waals surface area contributed by atoms with Crippen molar-refractivity contribution in [3.63, 3.8) is 0 Å². The van der Waals surface area contributed by atoms with Crippen LogP contribution in [0, 0.1) is 16.0 Å². The van der Waals surface area contributed by atoms with Crippen LogP contribution in [0.1, 0.15) is 25.0 Å². The highest BCUT2D eigenvalue weighted by atomic mass is 16.6. The van der Waals surface area contributed by atoms with E-state index in [0.717, 1.165) is 11.1 Å². The van der Waals surface area contributed by atoms with Gasteiger partial charge in [-0.05, 0) is 41.3 Å². The van der Waals surface area contributed by atoms with E-state index in [1.807, 2.05) is 19.9 Å². The van der Waals surface area contributed by atoms with Crippen LogP contribution in [0.15, 0.2) is 42.5 Å². The molecule has 0 unspecified atom stereocenters. The number of carboxylic acid groups (broad SMARTS) is 1. The predicted octanol–water partition coefficient (Wildman–Crippen LogP) is 3.38. The van der Waals surface area contributed by atoms with Crippen LogP contribution in [-0.4, -0.2) is 29.2 Å². The molecule has 2 aromatic rings. The van der Waals surface area contributed by atoms with E-state index in [4.69, 9.17) is 9.47 Å². The Labute approximate surface area is 163 Å². The van der Waals surface area contributed by atoms with Crippen LogP contribution >= 0.6 is 0 Å². The smallest absolute Gasteiger partial charge is 0.320 e. The number of nitro benzene ring substituents is 1. The Morgan fingerprint density at radius 2 is 1.79 bits per heavy atom. The third-order valence-corrected chi connectivity index (χ3v) is 4.23. The van der Waals surface area contributed by atoms with Crippen LogP contribution in [0.5, 0.6) is 11.5 Å². The first-order chi connectivity index (χ1) is 13.3. The lowest BCUT2D eigenvalue weighted by Gasteiger charge is -2.18. The van der Waals surface area contributed by atoms with Crippen molar-refractivity contribution in [1.82, 2.24) is 5.32 Å². The number of nitro groups is 1. The average molecular weight is 388 g/mol. The van der Waals surface area contributed by atoms with Gasteiger partial charge in [0.15, 0.2) is 11.5 Å². The number of nitrogens with one attached hydrogen (secondary N) is 1. The van der Waals surface area contributed by atoms with E-state index in [1.165, 1.54) is 19.2 Å². The number of non-ortho nitro benzene ring substituents is 1. The fourth-order valence-corrected chi connectivity index (χ4v) is 2.65. The minimum Gasteiger partial charge on any atom is -0.493 e. The van der Waals surface area contributed by atoms with E-state index in [1.54, 1.807) is 24.3 Å². The van der Waals surface area contributed by atoms with Gasteiger partial charge in [0.1, 0.15) is 12.6 Å². The molecule has 150 valence electrons. The maximum atomic E-state index is 11.3. The van der Waals surface area contributed by atoms with Gasteiger partial charge in [0.25, 0.3) is 5.69 Å². The van der Waals surface area contributed by atoms with Crippen LogP contribution in [0.4, 0.5) is 5.69 Å². The summed E-state index contributed by atoms with van der Waals surface area (Å²) in [5, 5.41) is 23.0. The van der Waals surface area contributed by atoms with Gasteiger partial charge in [-0.15, -0.1) is 0 Å². The van der Waals surface area contributed by atoms with Gasteiger partial charge in [0.2, 0.25) is 0 Å². The zero-order chi connectivity index (χ0) is 20.7. The first-order valence-electron chi connectivity index (χ1n) is 8.81. The lowest BCUT2D eigenvalue weighted by molar-refractivity contribution is -0.384. The maximum absolute atomic E-state index is 11.3. The second kappa shape index (κ2) is 9.70. The van der Waals surface area contributed by atoms with Crippen molar-refractivity contribution < 1.29 is 24.3 Å². The molecule has 0 radical (unpaired) electrons.